The minimum atomic E-state index is -0.0693. The fraction of sp³-hybridized carbons (Fsp3) is 0.357. The van der Waals surface area contributed by atoms with Crippen molar-refractivity contribution in [2.45, 2.75) is 25.3 Å². The summed E-state index contributed by atoms with van der Waals surface area (Å²) in [4.78, 5) is 14.2. The van der Waals surface area contributed by atoms with Crippen LogP contribution in [-0.2, 0) is 6.42 Å². The van der Waals surface area contributed by atoms with Crippen LogP contribution >= 0.6 is 11.3 Å². The molecule has 2 amide bonds. The molecule has 0 aliphatic carbocycles. The number of anilines is 1. The predicted octanol–water partition coefficient (Wildman–Crippen LogP) is 2.78. The summed E-state index contributed by atoms with van der Waals surface area (Å²) in [5.41, 5.74) is 2.88. The summed E-state index contributed by atoms with van der Waals surface area (Å²) in [6.07, 6.45) is 3.02. The van der Waals surface area contributed by atoms with E-state index < -0.39 is 0 Å². The molecule has 20 heavy (non-hydrogen) atoms. The highest BCUT2D eigenvalue weighted by Gasteiger charge is 2.29. The molecular formula is C14H16N4OS. The highest BCUT2D eigenvalue weighted by molar-refractivity contribution is 7.13. The molecule has 1 aliphatic heterocycles. The Balaban J connectivity index is 1.64. The van der Waals surface area contributed by atoms with Crippen molar-refractivity contribution in [1.29, 1.82) is 0 Å². The number of nitrogens with zero attached hydrogens (tertiary/aromatic N) is 3. The van der Waals surface area contributed by atoms with Crippen LogP contribution in [0.2, 0.25) is 0 Å². The number of likely N-dealkylation sites (tertiary alicyclic amines) is 1. The number of hydrogen-bond donors (Lipinski definition) is 1. The molecule has 1 atom stereocenters. The smallest absolute Gasteiger partial charge is 0.321 e. The first-order valence-electron chi connectivity index (χ1n) is 6.70. The van der Waals surface area contributed by atoms with E-state index in [-0.39, 0.29) is 12.1 Å². The van der Waals surface area contributed by atoms with E-state index in [0.717, 1.165) is 25.8 Å². The van der Waals surface area contributed by atoms with E-state index in [1.54, 1.807) is 5.51 Å². The molecule has 0 radical (unpaired) electrons. The van der Waals surface area contributed by atoms with Gasteiger partial charge in [0.25, 0.3) is 0 Å². The minimum Gasteiger partial charge on any atom is -0.321 e. The Labute approximate surface area is 121 Å². The number of aromatic nitrogens is 2. The van der Waals surface area contributed by atoms with Crippen LogP contribution in [0.1, 0.15) is 18.4 Å². The standard InChI is InChI=1S/C14H16N4OS/c19-14(16-13-17-15-10-20-13)18-8-4-7-12(18)9-11-5-2-1-3-6-11/h1-3,5-6,10,12H,4,7-9H2,(H,16,17,19)/t12-/m1/s1. The van der Waals surface area contributed by atoms with Crippen molar-refractivity contribution >= 4 is 22.5 Å². The van der Waals surface area contributed by atoms with E-state index in [2.05, 4.69) is 27.6 Å². The SMILES string of the molecule is O=C(Nc1nncs1)N1CCC[C@@H]1Cc1ccccc1. The molecule has 0 unspecified atom stereocenters. The van der Waals surface area contributed by atoms with Crippen LogP contribution in [0.25, 0.3) is 0 Å². The van der Waals surface area contributed by atoms with Gasteiger partial charge in [-0.15, -0.1) is 10.2 Å². The van der Waals surface area contributed by atoms with E-state index >= 15 is 0 Å². The molecule has 0 bridgehead atoms. The van der Waals surface area contributed by atoms with Crippen LogP contribution in [0.3, 0.4) is 0 Å². The summed E-state index contributed by atoms with van der Waals surface area (Å²) in [6, 6.07) is 10.5. The molecule has 0 spiro atoms. The van der Waals surface area contributed by atoms with Crippen molar-refractivity contribution in [2.75, 3.05) is 11.9 Å². The molecule has 0 saturated carbocycles. The van der Waals surface area contributed by atoms with Crippen LogP contribution < -0.4 is 5.32 Å². The maximum atomic E-state index is 12.3. The second kappa shape index (κ2) is 6.00. The third-order valence-corrected chi connectivity index (χ3v) is 4.13. The van der Waals surface area contributed by atoms with Gasteiger partial charge in [-0.05, 0) is 24.8 Å². The maximum Gasteiger partial charge on any atom is 0.323 e. The van der Waals surface area contributed by atoms with Crippen molar-refractivity contribution in [1.82, 2.24) is 15.1 Å². The first-order valence-corrected chi connectivity index (χ1v) is 7.58. The lowest BCUT2D eigenvalue weighted by molar-refractivity contribution is 0.206. The molecule has 104 valence electrons. The van der Waals surface area contributed by atoms with Gasteiger partial charge < -0.3 is 4.90 Å². The molecular weight excluding hydrogens is 272 g/mol. The van der Waals surface area contributed by atoms with Crippen molar-refractivity contribution in [3.63, 3.8) is 0 Å². The quantitative estimate of drug-likeness (QED) is 0.944. The van der Waals surface area contributed by atoms with E-state index in [1.165, 1.54) is 16.9 Å². The Bertz CT molecular complexity index is 558. The van der Waals surface area contributed by atoms with E-state index in [4.69, 9.17) is 0 Å². The normalized spacial score (nSPS) is 18.2. The number of rotatable bonds is 3. The summed E-state index contributed by atoms with van der Waals surface area (Å²) in [7, 11) is 0. The third-order valence-electron chi connectivity index (χ3n) is 3.53. The molecule has 1 N–H and O–H groups in total. The average molecular weight is 288 g/mol. The lowest BCUT2D eigenvalue weighted by atomic mass is 10.0. The topological polar surface area (TPSA) is 58.1 Å². The largest absolute Gasteiger partial charge is 0.323 e. The molecule has 1 aromatic carbocycles. The molecule has 1 fully saturated rings. The number of amides is 2. The zero-order valence-electron chi connectivity index (χ0n) is 11.0. The van der Waals surface area contributed by atoms with Crippen molar-refractivity contribution in [2.24, 2.45) is 0 Å². The van der Waals surface area contributed by atoms with Gasteiger partial charge in [-0.1, -0.05) is 41.7 Å². The van der Waals surface area contributed by atoms with Gasteiger partial charge >= 0.3 is 6.03 Å². The molecule has 6 heteroatoms. The fourth-order valence-electron chi connectivity index (χ4n) is 2.59. The fourth-order valence-corrected chi connectivity index (χ4v) is 3.03. The highest BCUT2D eigenvalue weighted by atomic mass is 32.1. The first kappa shape index (κ1) is 13.1. The zero-order chi connectivity index (χ0) is 13.8. The van der Waals surface area contributed by atoms with Crippen molar-refractivity contribution < 1.29 is 4.79 Å². The highest BCUT2D eigenvalue weighted by Crippen LogP contribution is 2.22. The Morgan fingerprint density at radius 1 is 1.40 bits per heavy atom. The zero-order valence-corrected chi connectivity index (χ0v) is 11.8. The lowest BCUT2D eigenvalue weighted by Crippen LogP contribution is -2.39. The first-order chi connectivity index (χ1) is 9.83. The molecule has 5 nitrogen and oxygen atoms in total. The molecule has 1 aromatic heterocycles. The van der Waals surface area contributed by atoms with Gasteiger partial charge in [0.05, 0.1) is 0 Å². The van der Waals surface area contributed by atoms with Crippen LogP contribution in [0.4, 0.5) is 9.93 Å². The van der Waals surface area contributed by atoms with Gasteiger partial charge in [0.2, 0.25) is 5.13 Å². The lowest BCUT2D eigenvalue weighted by Gasteiger charge is -2.24. The number of benzene rings is 1. The van der Waals surface area contributed by atoms with Crippen molar-refractivity contribution in [3.05, 3.63) is 41.4 Å². The van der Waals surface area contributed by atoms with Gasteiger partial charge in [-0.2, -0.15) is 0 Å². The van der Waals surface area contributed by atoms with Crippen LogP contribution in [0, 0.1) is 0 Å². The predicted molar refractivity (Wildman–Crippen MR) is 78.8 cm³/mol. The molecule has 2 aromatic rings. The van der Waals surface area contributed by atoms with E-state index in [1.807, 2.05) is 23.1 Å². The number of carbonyl (C=O) groups is 1. The van der Waals surface area contributed by atoms with Crippen molar-refractivity contribution in [3.8, 4) is 0 Å². The van der Waals surface area contributed by atoms with Crippen LogP contribution in [0.15, 0.2) is 35.8 Å². The molecule has 1 aliphatic rings. The summed E-state index contributed by atoms with van der Waals surface area (Å²) < 4.78 is 0. The Morgan fingerprint density at radius 2 is 2.25 bits per heavy atom. The Hall–Kier alpha value is -1.95. The number of nitrogens with one attached hydrogen (secondary N) is 1. The summed E-state index contributed by atoms with van der Waals surface area (Å²) in [5.74, 6) is 0. The van der Waals surface area contributed by atoms with Gasteiger partial charge in [-0.3, -0.25) is 5.32 Å². The monoisotopic (exact) mass is 288 g/mol. The second-order valence-corrected chi connectivity index (χ2v) is 5.69. The minimum absolute atomic E-state index is 0.0693. The van der Waals surface area contributed by atoms with E-state index in [0.29, 0.717) is 5.13 Å². The summed E-state index contributed by atoms with van der Waals surface area (Å²) in [6.45, 7) is 0.808. The third kappa shape index (κ3) is 2.96. The van der Waals surface area contributed by atoms with Gasteiger partial charge in [-0.25, -0.2) is 4.79 Å². The van der Waals surface area contributed by atoms with Gasteiger partial charge in [0, 0.05) is 12.6 Å². The Morgan fingerprint density at radius 3 is 3.00 bits per heavy atom. The summed E-state index contributed by atoms with van der Waals surface area (Å²) in [5, 5.41) is 10.9. The van der Waals surface area contributed by atoms with Gasteiger partial charge in [0.1, 0.15) is 5.51 Å². The van der Waals surface area contributed by atoms with Gasteiger partial charge in [0.15, 0.2) is 0 Å². The number of hydrogen-bond acceptors (Lipinski definition) is 4. The number of carbonyl (C=O) groups excluding carboxylic acids is 1. The molecule has 1 saturated heterocycles. The average Bonchev–Trinajstić information content (AvgIpc) is 3.11. The number of urea groups is 1. The maximum absolute atomic E-state index is 12.3. The molecule has 2 heterocycles. The summed E-state index contributed by atoms with van der Waals surface area (Å²) >= 11 is 1.33. The second-order valence-electron chi connectivity index (χ2n) is 4.85. The van der Waals surface area contributed by atoms with Crippen LogP contribution in [0.5, 0.6) is 0 Å². The van der Waals surface area contributed by atoms with Crippen LogP contribution in [-0.4, -0.2) is 33.7 Å². The van der Waals surface area contributed by atoms with E-state index in [9.17, 15) is 4.79 Å². The Kier molecular flexibility index (Phi) is 3.92. The molecule has 3 rings (SSSR count).